The van der Waals surface area contributed by atoms with Crippen molar-refractivity contribution < 1.29 is 9.90 Å². The van der Waals surface area contributed by atoms with Crippen LogP contribution in [-0.2, 0) is 0 Å². The first-order valence-electron chi connectivity index (χ1n) is 7.34. The van der Waals surface area contributed by atoms with E-state index in [-0.39, 0.29) is 22.7 Å². The van der Waals surface area contributed by atoms with Crippen molar-refractivity contribution in [2.24, 2.45) is 11.8 Å². The van der Waals surface area contributed by atoms with Crippen LogP contribution in [0.15, 0.2) is 11.4 Å². The molecular weight excluding hydrogens is 324 g/mol. The molecule has 1 saturated heterocycles. The highest BCUT2D eigenvalue weighted by molar-refractivity contribution is 7.98. The second kappa shape index (κ2) is 6.70. The van der Waals surface area contributed by atoms with E-state index in [9.17, 15) is 9.90 Å². The molecule has 3 N–H and O–H groups in total. The lowest BCUT2D eigenvalue weighted by Gasteiger charge is -2.35. The SMILES string of the molecule is CSc1ncc(Cl)c(C(=O)N[C@H]2C[C@H]3CNC[C@H]3C[C@@H]2O)n1. The maximum atomic E-state index is 12.4. The summed E-state index contributed by atoms with van der Waals surface area (Å²) in [5, 5.41) is 17.2. The topological polar surface area (TPSA) is 87.1 Å². The molecule has 6 nitrogen and oxygen atoms in total. The number of thioether (sulfide) groups is 1. The Bertz CT molecular complexity index is 574. The third-order valence-corrected chi connectivity index (χ3v) is 5.32. The molecule has 22 heavy (non-hydrogen) atoms. The lowest BCUT2D eigenvalue weighted by molar-refractivity contribution is 0.0460. The number of fused-ring (bicyclic) bond motifs is 1. The third kappa shape index (κ3) is 3.22. The highest BCUT2D eigenvalue weighted by atomic mass is 35.5. The first kappa shape index (κ1) is 16.0. The van der Waals surface area contributed by atoms with E-state index < -0.39 is 6.10 Å². The van der Waals surface area contributed by atoms with E-state index in [0.717, 1.165) is 25.9 Å². The van der Waals surface area contributed by atoms with Crippen molar-refractivity contribution in [3.05, 3.63) is 16.9 Å². The minimum atomic E-state index is -0.522. The molecule has 2 aliphatic rings. The zero-order chi connectivity index (χ0) is 15.7. The Morgan fingerprint density at radius 2 is 2.18 bits per heavy atom. The number of rotatable bonds is 3. The summed E-state index contributed by atoms with van der Waals surface area (Å²) in [7, 11) is 0. The molecular formula is C14H19ClN4O2S. The van der Waals surface area contributed by atoms with E-state index in [2.05, 4.69) is 20.6 Å². The second-order valence-electron chi connectivity index (χ2n) is 5.85. The van der Waals surface area contributed by atoms with Crippen molar-refractivity contribution in [2.45, 2.75) is 30.1 Å². The molecule has 0 unspecified atom stereocenters. The van der Waals surface area contributed by atoms with Crippen molar-refractivity contribution in [3.63, 3.8) is 0 Å². The van der Waals surface area contributed by atoms with Gasteiger partial charge in [-0.3, -0.25) is 4.79 Å². The predicted molar refractivity (Wildman–Crippen MR) is 85.2 cm³/mol. The monoisotopic (exact) mass is 342 g/mol. The van der Waals surface area contributed by atoms with Gasteiger partial charge in [0.15, 0.2) is 10.9 Å². The Morgan fingerprint density at radius 1 is 1.45 bits per heavy atom. The van der Waals surface area contributed by atoms with Crippen molar-refractivity contribution in [3.8, 4) is 0 Å². The number of hydrogen-bond donors (Lipinski definition) is 3. The predicted octanol–water partition coefficient (Wildman–Crippen LogP) is 0.941. The van der Waals surface area contributed by atoms with Crippen molar-refractivity contribution >= 4 is 29.3 Å². The van der Waals surface area contributed by atoms with Crippen LogP contribution in [0.5, 0.6) is 0 Å². The van der Waals surface area contributed by atoms with E-state index in [4.69, 9.17) is 11.6 Å². The van der Waals surface area contributed by atoms with Gasteiger partial charge in [-0.2, -0.15) is 0 Å². The van der Waals surface area contributed by atoms with Gasteiger partial charge in [0, 0.05) is 0 Å². The van der Waals surface area contributed by atoms with Crippen LogP contribution in [0.4, 0.5) is 0 Å². The van der Waals surface area contributed by atoms with Crippen LogP contribution in [0.3, 0.4) is 0 Å². The molecule has 0 aromatic carbocycles. The zero-order valence-corrected chi connectivity index (χ0v) is 13.8. The van der Waals surface area contributed by atoms with Crippen LogP contribution < -0.4 is 10.6 Å². The molecule has 0 spiro atoms. The number of halogens is 1. The van der Waals surface area contributed by atoms with Crippen LogP contribution in [-0.4, -0.2) is 52.5 Å². The van der Waals surface area contributed by atoms with Gasteiger partial charge in [-0.1, -0.05) is 23.4 Å². The fourth-order valence-electron chi connectivity index (χ4n) is 3.30. The number of nitrogens with zero attached hydrogens (tertiary/aromatic N) is 2. The van der Waals surface area contributed by atoms with Gasteiger partial charge in [0.1, 0.15) is 0 Å². The van der Waals surface area contributed by atoms with Crippen molar-refractivity contribution in [2.75, 3.05) is 19.3 Å². The smallest absolute Gasteiger partial charge is 0.271 e. The molecule has 120 valence electrons. The first-order chi connectivity index (χ1) is 10.6. The molecule has 1 aliphatic heterocycles. The number of aromatic nitrogens is 2. The fourth-order valence-corrected chi connectivity index (χ4v) is 3.81. The van der Waals surface area contributed by atoms with Gasteiger partial charge in [-0.25, -0.2) is 9.97 Å². The number of nitrogens with one attached hydrogen (secondary N) is 2. The molecule has 3 rings (SSSR count). The quantitative estimate of drug-likeness (QED) is 0.560. The maximum absolute atomic E-state index is 12.4. The molecule has 1 aromatic rings. The zero-order valence-electron chi connectivity index (χ0n) is 12.3. The molecule has 1 aliphatic carbocycles. The van der Waals surface area contributed by atoms with Crippen molar-refractivity contribution in [1.82, 2.24) is 20.6 Å². The summed E-state index contributed by atoms with van der Waals surface area (Å²) >= 11 is 7.37. The van der Waals surface area contributed by atoms with Crippen LogP contribution in [0.25, 0.3) is 0 Å². The molecule has 0 bridgehead atoms. The summed E-state index contributed by atoms with van der Waals surface area (Å²) in [6, 6.07) is -0.252. The van der Waals surface area contributed by atoms with Crippen LogP contribution >= 0.6 is 23.4 Å². The Labute approximate surface area is 138 Å². The van der Waals surface area contributed by atoms with Crippen LogP contribution in [0, 0.1) is 11.8 Å². The Hall–Kier alpha value is -0.890. The standard InChI is InChI=1S/C14H19ClN4O2S/c1-22-14-17-6-9(15)12(19-14)13(21)18-10-2-7-4-16-5-8(7)3-11(10)20/h6-8,10-11,16,20H,2-5H2,1H3,(H,18,21)/t7-,8+,10-,11-/m0/s1. The molecule has 4 atom stereocenters. The average Bonchev–Trinajstić information content (AvgIpc) is 2.95. The highest BCUT2D eigenvalue weighted by Gasteiger charge is 2.39. The minimum Gasteiger partial charge on any atom is -0.391 e. The lowest BCUT2D eigenvalue weighted by Crippen LogP contribution is -2.49. The number of aliphatic hydroxyl groups excluding tert-OH is 1. The maximum Gasteiger partial charge on any atom is 0.271 e. The molecule has 2 heterocycles. The molecule has 1 amide bonds. The van der Waals surface area contributed by atoms with Crippen LogP contribution in [0.2, 0.25) is 5.02 Å². The van der Waals surface area contributed by atoms with Gasteiger partial charge >= 0.3 is 0 Å². The normalized spacial score (nSPS) is 30.9. The van der Waals surface area contributed by atoms with Gasteiger partial charge in [-0.05, 0) is 44.0 Å². The first-order valence-corrected chi connectivity index (χ1v) is 8.95. The average molecular weight is 343 g/mol. The largest absolute Gasteiger partial charge is 0.391 e. The van der Waals surface area contributed by atoms with E-state index in [1.807, 2.05) is 6.26 Å². The van der Waals surface area contributed by atoms with Gasteiger partial charge in [0.25, 0.3) is 5.91 Å². The lowest BCUT2D eigenvalue weighted by atomic mass is 9.77. The van der Waals surface area contributed by atoms with E-state index >= 15 is 0 Å². The highest BCUT2D eigenvalue weighted by Crippen LogP contribution is 2.33. The minimum absolute atomic E-state index is 0.167. The Kier molecular flexibility index (Phi) is 4.87. The third-order valence-electron chi connectivity index (χ3n) is 4.48. The molecule has 1 saturated carbocycles. The van der Waals surface area contributed by atoms with E-state index in [1.165, 1.54) is 18.0 Å². The number of amides is 1. The van der Waals surface area contributed by atoms with Gasteiger partial charge < -0.3 is 15.7 Å². The molecule has 0 radical (unpaired) electrons. The van der Waals surface area contributed by atoms with Gasteiger partial charge in [-0.15, -0.1) is 0 Å². The number of hydrogen-bond acceptors (Lipinski definition) is 6. The molecule has 1 aromatic heterocycles. The summed E-state index contributed by atoms with van der Waals surface area (Å²) in [4.78, 5) is 20.6. The Morgan fingerprint density at radius 3 is 2.91 bits per heavy atom. The summed E-state index contributed by atoms with van der Waals surface area (Å²) in [5.74, 6) is 0.668. The fraction of sp³-hybridized carbons (Fsp3) is 0.643. The number of carbonyl (C=O) groups excluding carboxylic acids is 1. The number of aliphatic hydroxyl groups is 1. The number of carbonyl (C=O) groups is 1. The second-order valence-corrected chi connectivity index (χ2v) is 7.03. The summed E-state index contributed by atoms with van der Waals surface area (Å²) in [6.07, 6.45) is 4.25. The molecule has 2 fully saturated rings. The van der Waals surface area contributed by atoms with Gasteiger partial charge in [0.05, 0.1) is 23.4 Å². The van der Waals surface area contributed by atoms with Crippen molar-refractivity contribution in [1.29, 1.82) is 0 Å². The molecule has 8 heteroatoms. The summed E-state index contributed by atoms with van der Waals surface area (Å²) < 4.78 is 0. The summed E-state index contributed by atoms with van der Waals surface area (Å²) in [6.45, 7) is 1.91. The van der Waals surface area contributed by atoms with E-state index in [0.29, 0.717) is 17.0 Å². The van der Waals surface area contributed by atoms with Gasteiger partial charge in [0.2, 0.25) is 0 Å². The summed E-state index contributed by atoms with van der Waals surface area (Å²) in [5.41, 5.74) is 0.167. The Balaban J connectivity index is 1.71. The van der Waals surface area contributed by atoms with E-state index in [1.54, 1.807) is 0 Å². The van der Waals surface area contributed by atoms with Crippen LogP contribution in [0.1, 0.15) is 23.3 Å².